The van der Waals surface area contributed by atoms with E-state index in [1.54, 1.807) is 0 Å². The van der Waals surface area contributed by atoms with Crippen LogP contribution in [0.5, 0.6) is 0 Å². The molecule has 0 rings (SSSR count). The van der Waals surface area contributed by atoms with Crippen LogP contribution < -0.4 is 5.32 Å². The van der Waals surface area contributed by atoms with Crippen LogP contribution in [0, 0.1) is 0 Å². The van der Waals surface area contributed by atoms with E-state index >= 15 is 0 Å². The molecule has 33 nitrogen and oxygen atoms in total. The van der Waals surface area contributed by atoms with Gasteiger partial charge in [0.15, 0.2) is 0 Å². The first-order valence-corrected chi connectivity index (χ1v) is 41.1. The Bertz CT molecular complexity index is 1380. The van der Waals surface area contributed by atoms with Gasteiger partial charge in [-0.2, -0.15) is 0 Å². The molecule has 0 saturated heterocycles. The topological polar surface area (TPSA) is 609 Å². The van der Waals surface area contributed by atoms with Crippen molar-refractivity contribution < 1.29 is 248 Å². The number of rotatable bonds is 12. The Morgan fingerprint density at radius 2 is 0.421 bits per heavy atom. The molecule has 2 atom stereocenters. The van der Waals surface area contributed by atoms with E-state index in [1.807, 2.05) is 0 Å². The van der Waals surface area contributed by atoms with Crippen molar-refractivity contribution in [1.82, 2.24) is 5.32 Å². The molecule has 0 fully saturated rings. The fraction of sp³-hybridized carbons (Fsp3) is 1.00. The van der Waals surface area contributed by atoms with Gasteiger partial charge in [0.25, 0.3) is 0 Å². The second-order valence-electron chi connectivity index (χ2n) is 8.95. The zero-order chi connectivity index (χ0) is 48.9. The van der Waals surface area contributed by atoms with Crippen molar-refractivity contribution in [3.05, 3.63) is 0 Å². The van der Waals surface area contributed by atoms with Crippen LogP contribution in [0.3, 0.4) is 0 Å². The Balaban J connectivity index is -0.0000000696. The van der Waals surface area contributed by atoms with Gasteiger partial charge in [0.2, 0.25) is 0 Å². The summed E-state index contributed by atoms with van der Waals surface area (Å²) in [6.45, 7) is 9.21. The van der Waals surface area contributed by atoms with Crippen LogP contribution >= 0.6 is 0 Å². The van der Waals surface area contributed by atoms with Crippen molar-refractivity contribution in [2.45, 2.75) is 104 Å². The van der Waals surface area contributed by atoms with Gasteiger partial charge in [-0.25, -0.2) is 0 Å². The Hall–Kier alpha value is 1.63. The van der Waals surface area contributed by atoms with E-state index in [9.17, 15) is 0 Å². The van der Waals surface area contributed by atoms with Crippen LogP contribution in [0.1, 0.15) is 91.9 Å². The summed E-state index contributed by atoms with van der Waals surface area (Å²) in [7, 11) is 0. The first-order chi connectivity index (χ1) is 24.3. The second-order valence-corrected chi connectivity index (χ2v) is 26.6. The van der Waals surface area contributed by atoms with Crippen molar-refractivity contribution in [3.63, 3.8) is 0 Å². The third-order valence-electron chi connectivity index (χ3n) is 3.77. The molecule has 17 N–H and O–H groups in total. The molecular weight excluding hydrogens is 1490 g/mol. The van der Waals surface area contributed by atoms with Crippen LogP contribution in [-0.4, -0.2) is 72.2 Å². The third kappa shape index (κ3) is 463. The van der Waals surface area contributed by atoms with Crippen molar-refractivity contribution in [3.8, 4) is 0 Å². The van der Waals surface area contributed by atoms with E-state index in [-0.39, 0.29) is 0 Å². The molecule has 0 spiro atoms. The summed E-state index contributed by atoms with van der Waals surface area (Å²) in [6.07, 6.45) is 13.6. The van der Waals surface area contributed by atoms with Crippen molar-refractivity contribution >= 4 is 0 Å². The Kier molecular flexibility index (Phi) is 57.7. The summed E-state index contributed by atoms with van der Waals surface area (Å²) in [5.74, 6) is 0. The van der Waals surface area contributed by atoms with Crippen LogP contribution in [0.15, 0.2) is 0 Å². The van der Waals surface area contributed by atoms with Gasteiger partial charge in [0.05, 0.1) is 0 Å². The predicted octanol–water partition coefficient (Wildman–Crippen LogP) is -5.54. The van der Waals surface area contributed by atoms with Gasteiger partial charge >= 0.3 is 248 Å². The van der Waals surface area contributed by atoms with E-state index in [1.165, 1.54) is 64.2 Å². The maximum atomic E-state index is 8.85. The molecule has 0 saturated carbocycles. The van der Waals surface area contributed by atoms with Crippen molar-refractivity contribution in [1.29, 1.82) is 0 Å². The second kappa shape index (κ2) is 41.6. The Morgan fingerprint density at radius 3 is 0.509 bits per heavy atom. The number of hydrogen-bond donors (Lipinski definition) is 17. The normalized spacial score (nSPS) is 12.6. The number of hydrogen-bond acceptors (Lipinski definition) is 17. The molecule has 0 aliphatic rings. The van der Waals surface area contributed by atoms with Crippen molar-refractivity contribution in [2.75, 3.05) is 0 Å². The molecule has 0 aliphatic carbocycles. The molecule has 360 valence electrons. The first-order valence-electron chi connectivity index (χ1n) is 13.6. The molecule has 0 aromatic carbocycles. The molecule has 0 heterocycles. The Morgan fingerprint density at radius 1 is 0.298 bits per heavy atom. The molecule has 2 unspecified atom stereocenters. The molecule has 0 bridgehead atoms. The van der Waals surface area contributed by atoms with Gasteiger partial charge in [-0.1, -0.05) is 66.2 Å². The minimum absolute atomic E-state index is 0.758. The molecule has 0 aromatic heterocycles. The standard InChI is InChI=1S/C16H35N.8Mo.16H2O.16O/c1-5-9-11-13-15(7-3)17-16(8-4)14-12-10-6-2;;;;;;;;;;;;;;;;;;;;;;;;;;;;;;;;;;;;;;;;/h15-17H,5-14H2,1-4H3;;;;;;;;;16*1H2;;;;;;;;;;;;;;;;/q;8*+2;;;;;;;;;;;;;;;;;;;;;;;;;;;;;;;;/p-16. The summed E-state index contributed by atoms with van der Waals surface area (Å²) < 4.78 is 256. The summed E-state index contributed by atoms with van der Waals surface area (Å²) in [5.41, 5.74) is 0. The third-order valence-corrected chi connectivity index (χ3v) is 3.77. The van der Waals surface area contributed by atoms with Crippen LogP contribution in [0.2, 0.25) is 0 Å². The number of unbranched alkanes of at least 4 members (excludes halogenated alkanes) is 4. The first kappa shape index (κ1) is 79.1. The molecule has 0 aliphatic heterocycles. The molecule has 0 radical (unpaired) electrons. The van der Waals surface area contributed by atoms with Gasteiger partial charge in [0, 0.05) is 12.1 Å². The molecule has 41 heteroatoms. The summed E-state index contributed by atoms with van der Waals surface area (Å²) >= 11 is -44.2. The molecule has 0 amide bonds. The van der Waals surface area contributed by atoms with Gasteiger partial charge in [0.1, 0.15) is 0 Å². The molecule has 0 aromatic rings. The SMILES string of the molecule is CCCCCC(CC)NC(CC)CCCCC.[O]=[Mo](=[O])([OH])[OH].[O]=[Mo](=[O])([OH])[OH].[O]=[Mo](=[O])([OH])[OH].[O]=[Mo](=[O])([OH])[OH].[O]=[Mo](=[O])([OH])[OH].[O]=[Mo](=[O])([OH])[OH].[O]=[Mo](=[O])([OH])[OH].[O]=[Mo](=[O])([OH])[OH]. The van der Waals surface area contributed by atoms with Gasteiger partial charge < -0.3 is 5.32 Å². The maximum absolute atomic E-state index is 8.85. The zero-order valence-electron chi connectivity index (χ0n) is 29.7. The van der Waals surface area contributed by atoms with E-state index < -0.39 is 134 Å². The number of nitrogens with one attached hydrogen (secondary N) is 1. The monoisotopic (exact) mass is 1550 g/mol. The van der Waals surface area contributed by atoms with Gasteiger partial charge in [-0.3, -0.25) is 0 Å². The van der Waals surface area contributed by atoms with Crippen LogP contribution in [0.4, 0.5) is 0 Å². The quantitative estimate of drug-likeness (QED) is 0.0640. The fourth-order valence-electron chi connectivity index (χ4n) is 2.43. The Labute approximate surface area is 353 Å². The molecule has 57 heavy (non-hydrogen) atoms. The average molecular weight is 1540 g/mol. The minimum atomic E-state index is -5.52. The van der Waals surface area contributed by atoms with Crippen LogP contribution in [-0.2, 0) is 188 Å². The predicted molar refractivity (Wildman–Crippen MR) is 126 cm³/mol. The van der Waals surface area contributed by atoms with Crippen LogP contribution in [0.25, 0.3) is 0 Å². The fourth-order valence-corrected chi connectivity index (χ4v) is 2.43. The van der Waals surface area contributed by atoms with Gasteiger partial charge in [-0.15, -0.1) is 0 Å². The molecular formula is C16H51Mo8NO32. The van der Waals surface area contributed by atoms with Gasteiger partial charge in [-0.05, 0) is 25.7 Å². The van der Waals surface area contributed by atoms with Crippen molar-refractivity contribution in [2.24, 2.45) is 0 Å². The zero-order valence-corrected chi connectivity index (χ0v) is 45.7. The van der Waals surface area contributed by atoms with E-state index in [2.05, 4.69) is 33.0 Å². The summed E-state index contributed by atoms with van der Waals surface area (Å²) in [4.78, 5) is 0. The summed E-state index contributed by atoms with van der Waals surface area (Å²) in [5, 5.41) is 3.87. The average Bonchev–Trinajstić information content (AvgIpc) is 2.79. The van der Waals surface area contributed by atoms with E-state index in [0.717, 1.165) is 12.1 Å². The summed E-state index contributed by atoms with van der Waals surface area (Å²) in [6, 6.07) is 1.52. The van der Waals surface area contributed by atoms with E-state index in [0.29, 0.717) is 0 Å². The van der Waals surface area contributed by atoms with E-state index in [4.69, 9.17) is 115 Å².